The van der Waals surface area contributed by atoms with Crippen LogP contribution in [0.25, 0.3) is 17.1 Å². The van der Waals surface area contributed by atoms with Gasteiger partial charge in [0.25, 0.3) is 0 Å². The van der Waals surface area contributed by atoms with E-state index in [2.05, 4.69) is 50.9 Å². The summed E-state index contributed by atoms with van der Waals surface area (Å²) in [6, 6.07) is 16.1. The molecular weight excluding hydrogens is 392 g/mol. The summed E-state index contributed by atoms with van der Waals surface area (Å²) < 4.78 is 7.59. The zero-order valence-corrected chi connectivity index (χ0v) is 17.4. The first-order valence-electron chi connectivity index (χ1n) is 9.42. The van der Waals surface area contributed by atoms with E-state index < -0.39 is 0 Å². The Morgan fingerprint density at radius 2 is 1.79 bits per heavy atom. The van der Waals surface area contributed by atoms with Gasteiger partial charge in [0.2, 0.25) is 0 Å². The molecule has 1 fully saturated rings. The molecule has 0 amide bonds. The van der Waals surface area contributed by atoms with Crippen LogP contribution in [-0.2, 0) is 4.74 Å². The minimum Gasteiger partial charge on any atom is -0.379 e. The fourth-order valence-corrected chi connectivity index (χ4v) is 4.34. The van der Waals surface area contributed by atoms with E-state index >= 15 is 0 Å². The van der Waals surface area contributed by atoms with Crippen LogP contribution in [0.2, 0.25) is 5.02 Å². The standard InChI is InChI=1S/C21H23ClN4OS/c1-16-4-2-3-5-19(16)26-20(17-6-8-18(22)9-7-17)23-24-21(26)28-15-12-25-10-13-27-14-11-25/h2-9H,10-15H2,1H3. The van der Waals surface area contributed by atoms with Crippen LogP contribution in [0.1, 0.15) is 5.56 Å². The lowest BCUT2D eigenvalue weighted by molar-refractivity contribution is 0.0410. The summed E-state index contributed by atoms with van der Waals surface area (Å²) in [7, 11) is 0. The number of benzene rings is 2. The van der Waals surface area contributed by atoms with Crippen LogP contribution in [0.5, 0.6) is 0 Å². The molecule has 4 rings (SSSR count). The van der Waals surface area contributed by atoms with Gasteiger partial charge < -0.3 is 4.74 Å². The van der Waals surface area contributed by atoms with Crippen molar-refractivity contribution in [3.63, 3.8) is 0 Å². The molecule has 0 radical (unpaired) electrons. The van der Waals surface area contributed by atoms with Crippen LogP contribution >= 0.6 is 23.4 Å². The van der Waals surface area contributed by atoms with E-state index in [4.69, 9.17) is 16.3 Å². The summed E-state index contributed by atoms with van der Waals surface area (Å²) in [4.78, 5) is 2.44. The largest absolute Gasteiger partial charge is 0.379 e. The number of morpholine rings is 1. The third-order valence-corrected chi connectivity index (χ3v) is 6.00. The smallest absolute Gasteiger partial charge is 0.196 e. The SMILES string of the molecule is Cc1ccccc1-n1c(SCCN2CCOCC2)nnc1-c1ccc(Cl)cc1. The molecule has 1 saturated heterocycles. The maximum Gasteiger partial charge on any atom is 0.196 e. The summed E-state index contributed by atoms with van der Waals surface area (Å²) in [5.41, 5.74) is 3.29. The molecule has 7 heteroatoms. The van der Waals surface area contributed by atoms with E-state index in [-0.39, 0.29) is 0 Å². The van der Waals surface area contributed by atoms with Crippen molar-refractivity contribution in [1.82, 2.24) is 19.7 Å². The number of ether oxygens (including phenoxy) is 1. The molecule has 0 spiro atoms. The van der Waals surface area contributed by atoms with Crippen molar-refractivity contribution in [3.8, 4) is 17.1 Å². The third kappa shape index (κ3) is 4.41. The normalized spacial score (nSPS) is 15.1. The lowest BCUT2D eigenvalue weighted by Crippen LogP contribution is -2.37. The average Bonchev–Trinajstić information content (AvgIpc) is 3.13. The fraction of sp³-hybridized carbons (Fsp3) is 0.333. The summed E-state index contributed by atoms with van der Waals surface area (Å²) in [6.45, 7) is 6.78. The van der Waals surface area contributed by atoms with E-state index in [1.54, 1.807) is 11.8 Å². The lowest BCUT2D eigenvalue weighted by Gasteiger charge is -2.26. The topological polar surface area (TPSA) is 43.2 Å². The van der Waals surface area contributed by atoms with Gasteiger partial charge in [-0.1, -0.05) is 41.6 Å². The maximum absolute atomic E-state index is 6.07. The first-order chi connectivity index (χ1) is 13.7. The first-order valence-corrected chi connectivity index (χ1v) is 10.8. The Bertz CT molecular complexity index is 922. The number of halogens is 1. The molecule has 2 heterocycles. The summed E-state index contributed by atoms with van der Waals surface area (Å²) in [6.07, 6.45) is 0. The average molecular weight is 415 g/mol. The molecule has 0 atom stereocenters. The van der Waals surface area contributed by atoms with Gasteiger partial charge in [0, 0.05) is 36.0 Å². The molecule has 0 unspecified atom stereocenters. The van der Waals surface area contributed by atoms with Crippen LogP contribution in [0.15, 0.2) is 53.7 Å². The second-order valence-electron chi connectivity index (χ2n) is 6.74. The van der Waals surface area contributed by atoms with Gasteiger partial charge in [-0.05, 0) is 42.8 Å². The Morgan fingerprint density at radius 1 is 1.04 bits per heavy atom. The predicted molar refractivity (Wildman–Crippen MR) is 115 cm³/mol. The van der Waals surface area contributed by atoms with Crippen molar-refractivity contribution in [1.29, 1.82) is 0 Å². The number of nitrogens with zero attached hydrogens (tertiary/aromatic N) is 4. The molecule has 0 N–H and O–H groups in total. The Hall–Kier alpha value is -1.86. The molecule has 0 saturated carbocycles. The Kier molecular flexibility index (Phi) is 6.32. The molecule has 5 nitrogen and oxygen atoms in total. The highest BCUT2D eigenvalue weighted by molar-refractivity contribution is 7.99. The Balaban J connectivity index is 1.62. The maximum atomic E-state index is 6.07. The molecule has 3 aromatic rings. The number of para-hydroxylation sites is 1. The van der Waals surface area contributed by atoms with E-state index in [9.17, 15) is 0 Å². The van der Waals surface area contributed by atoms with Gasteiger partial charge in [-0.25, -0.2) is 0 Å². The zero-order valence-electron chi connectivity index (χ0n) is 15.8. The van der Waals surface area contributed by atoms with E-state index in [0.717, 1.165) is 60.8 Å². The Labute approximate surface area is 174 Å². The summed E-state index contributed by atoms with van der Waals surface area (Å²) in [5, 5.41) is 10.7. The van der Waals surface area contributed by atoms with Crippen LogP contribution in [0.3, 0.4) is 0 Å². The van der Waals surface area contributed by atoms with Crippen molar-refractivity contribution in [2.45, 2.75) is 12.1 Å². The van der Waals surface area contributed by atoms with Crippen molar-refractivity contribution >= 4 is 23.4 Å². The van der Waals surface area contributed by atoms with Crippen molar-refractivity contribution < 1.29 is 4.74 Å². The highest BCUT2D eigenvalue weighted by Gasteiger charge is 2.18. The van der Waals surface area contributed by atoms with Gasteiger partial charge in [0.05, 0.1) is 18.9 Å². The summed E-state index contributed by atoms with van der Waals surface area (Å²) in [5.74, 6) is 1.80. The highest BCUT2D eigenvalue weighted by atomic mass is 35.5. The number of aromatic nitrogens is 3. The molecular formula is C21H23ClN4OS. The van der Waals surface area contributed by atoms with Crippen LogP contribution in [-0.4, -0.2) is 58.3 Å². The lowest BCUT2D eigenvalue weighted by atomic mass is 10.1. The number of rotatable bonds is 6. The van der Waals surface area contributed by atoms with E-state index in [0.29, 0.717) is 5.02 Å². The van der Waals surface area contributed by atoms with Crippen molar-refractivity contribution in [2.24, 2.45) is 0 Å². The van der Waals surface area contributed by atoms with Gasteiger partial charge in [0.1, 0.15) is 0 Å². The number of hydrogen-bond donors (Lipinski definition) is 0. The number of aryl methyl sites for hydroxylation is 1. The van der Waals surface area contributed by atoms with Crippen LogP contribution in [0.4, 0.5) is 0 Å². The zero-order chi connectivity index (χ0) is 19.3. The molecule has 2 aromatic carbocycles. The predicted octanol–water partition coefficient (Wildman–Crippen LogP) is 4.32. The third-order valence-electron chi connectivity index (χ3n) is 4.83. The number of hydrogen-bond acceptors (Lipinski definition) is 5. The van der Waals surface area contributed by atoms with Gasteiger partial charge in [0.15, 0.2) is 11.0 Å². The van der Waals surface area contributed by atoms with E-state index in [1.165, 1.54) is 5.56 Å². The molecule has 0 aliphatic carbocycles. The van der Waals surface area contributed by atoms with E-state index in [1.807, 2.05) is 24.3 Å². The summed E-state index contributed by atoms with van der Waals surface area (Å²) >= 11 is 7.81. The molecule has 146 valence electrons. The molecule has 1 aromatic heterocycles. The molecule has 1 aliphatic rings. The fourth-order valence-electron chi connectivity index (χ4n) is 3.27. The van der Waals surface area contributed by atoms with Gasteiger partial charge in [-0.3, -0.25) is 9.47 Å². The minimum absolute atomic E-state index is 0.714. The second-order valence-corrected chi connectivity index (χ2v) is 8.24. The van der Waals surface area contributed by atoms with Gasteiger partial charge >= 0.3 is 0 Å². The van der Waals surface area contributed by atoms with Gasteiger partial charge in [-0.15, -0.1) is 10.2 Å². The molecule has 1 aliphatic heterocycles. The second kappa shape index (κ2) is 9.09. The van der Waals surface area contributed by atoms with Crippen LogP contribution < -0.4 is 0 Å². The number of thioether (sulfide) groups is 1. The monoisotopic (exact) mass is 414 g/mol. The minimum atomic E-state index is 0.714. The Morgan fingerprint density at radius 3 is 2.54 bits per heavy atom. The first kappa shape index (κ1) is 19.5. The molecule has 28 heavy (non-hydrogen) atoms. The highest BCUT2D eigenvalue weighted by Crippen LogP contribution is 2.30. The van der Waals surface area contributed by atoms with Gasteiger partial charge in [-0.2, -0.15) is 0 Å². The van der Waals surface area contributed by atoms with Crippen molar-refractivity contribution in [3.05, 3.63) is 59.1 Å². The van der Waals surface area contributed by atoms with Crippen molar-refractivity contribution in [2.75, 3.05) is 38.6 Å². The quantitative estimate of drug-likeness (QED) is 0.562. The molecule has 0 bridgehead atoms. The van der Waals surface area contributed by atoms with Crippen LogP contribution in [0, 0.1) is 6.92 Å².